The Bertz CT molecular complexity index is 1080. The van der Waals surface area contributed by atoms with E-state index in [1.165, 1.54) is 11.3 Å². The molecule has 0 aliphatic carbocycles. The highest BCUT2D eigenvalue weighted by molar-refractivity contribution is 7.10. The van der Waals surface area contributed by atoms with Crippen LogP contribution in [-0.2, 0) is 4.74 Å². The fourth-order valence-electron chi connectivity index (χ4n) is 3.20. The zero-order valence-corrected chi connectivity index (χ0v) is 16.2. The molecule has 2 aromatic heterocycles. The SMILES string of the molecule is C#CCOC(=O)N1CCC(c2nc(C(=O)Nc3ccc4n[nH]nc4c3)cs2)CC1. The number of piperidine rings is 1. The zero-order chi connectivity index (χ0) is 20.2. The van der Waals surface area contributed by atoms with Gasteiger partial charge >= 0.3 is 6.09 Å². The van der Waals surface area contributed by atoms with Crippen LogP contribution >= 0.6 is 11.3 Å². The molecule has 10 heteroatoms. The second-order valence-electron chi connectivity index (χ2n) is 6.57. The molecule has 1 fully saturated rings. The summed E-state index contributed by atoms with van der Waals surface area (Å²) < 4.78 is 4.96. The van der Waals surface area contributed by atoms with Crippen molar-refractivity contribution in [3.8, 4) is 12.3 Å². The molecule has 148 valence electrons. The van der Waals surface area contributed by atoms with Gasteiger partial charge in [0, 0.05) is 30.1 Å². The topological polar surface area (TPSA) is 113 Å². The number of terminal acetylenes is 1. The highest BCUT2D eigenvalue weighted by atomic mass is 32.1. The third kappa shape index (κ3) is 4.20. The van der Waals surface area contributed by atoms with E-state index in [1.807, 2.05) is 0 Å². The maximum Gasteiger partial charge on any atom is 0.410 e. The van der Waals surface area contributed by atoms with Crippen LogP contribution in [0.2, 0.25) is 0 Å². The number of hydrogen-bond acceptors (Lipinski definition) is 7. The van der Waals surface area contributed by atoms with Crippen LogP contribution in [0.5, 0.6) is 0 Å². The number of nitrogens with zero attached hydrogens (tertiary/aromatic N) is 4. The fourth-order valence-corrected chi connectivity index (χ4v) is 4.17. The van der Waals surface area contributed by atoms with E-state index in [1.54, 1.807) is 28.5 Å². The van der Waals surface area contributed by atoms with Gasteiger partial charge in [-0.3, -0.25) is 4.79 Å². The molecular weight excluding hydrogens is 392 g/mol. The van der Waals surface area contributed by atoms with E-state index >= 15 is 0 Å². The van der Waals surface area contributed by atoms with Gasteiger partial charge in [-0.2, -0.15) is 15.4 Å². The Morgan fingerprint density at radius 1 is 1.31 bits per heavy atom. The lowest BCUT2D eigenvalue weighted by molar-refractivity contribution is 0.102. The van der Waals surface area contributed by atoms with Gasteiger partial charge in [0.15, 0.2) is 6.61 Å². The number of benzene rings is 1. The molecule has 0 atom stereocenters. The maximum absolute atomic E-state index is 12.5. The number of carbonyl (C=O) groups is 2. The quantitative estimate of drug-likeness (QED) is 0.639. The van der Waals surface area contributed by atoms with Crippen molar-refractivity contribution in [3.63, 3.8) is 0 Å². The van der Waals surface area contributed by atoms with Crippen molar-refractivity contribution in [2.24, 2.45) is 0 Å². The van der Waals surface area contributed by atoms with Gasteiger partial charge < -0.3 is 15.0 Å². The number of aromatic nitrogens is 4. The lowest BCUT2D eigenvalue weighted by atomic mass is 9.98. The average molecular weight is 410 g/mol. The monoisotopic (exact) mass is 410 g/mol. The molecule has 9 nitrogen and oxygen atoms in total. The van der Waals surface area contributed by atoms with Crippen molar-refractivity contribution in [3.05, 3.63) is 34.3 Å². The molecule has 0 spiro atoms. The molecule has 0 saturated carbocycles. The number of nitrogens with one attached hydrogen (secondary N) is 2. The molecule has 1 aliphatic heterocycles. The van der Waals surface area contributed by atoms with E-state index in [9.17, 15) is 9.59 Å². The van der Waals surface area contributed by atoms with Gasteiger partial charge in [0.1, 0.15) is 16.7 Å². The van der Waals surface area contributed by atoms with Crippen LogP contribution in [-0.4, -0.2) is 57.0 Å². The zero-order valence-electron chi connectivity index (χ0n) is 15.4. The molecule has 1 saturated heterocycles. The Morgan fingerprint density at radius 2 is 2.10 bits per heavy atom. The summed E-state index contributed by atoms with van der Waals surface area (Å²) in [6.07, 6.45) is 6.25. The van der Waals surface area contributed by atoms with Gasteiger partial charge in [-0.05, 0) is 31.0 Å². The number of anilines is 1. The number of H-pyrrole nitrogens is 1. The number of aromatic amines is 1. The number of amides is 2. The maximum atomic E-state index is 12.5. The van der Waals surface area contributed by atoms with Crippen molar-refractivity contribution in [1.29, 1.82) is 0 Å². The molecule has 2 N–H and O–H groups in total. The first kappa shape index (κ1) is 18.9. The van der Waals surface area contributed by atoms with Crippen LogP contribution in [0.3, 0.4) is 0 Å². The lowest BCUT2D eigenvalue weighted by Crippen LogP contribution is -2.38. The van der Waals surface area contributed by atoms with Crippen molar-refractivity contribution in [1.82, 2.24) is 25.3 Å². The summed E-state index contributed by atoms with van der Waals surface area (Å²) in [5, 5.41) is 16.0. The van der Waals surface area contributed by atoms with Gasteiger partial charge in [-0.15, -0.1) is 17.8 Å². The van der Waals surface area contributed by atoms with Crippen LogP contribution in [0.4, 0.5) is 10.5 Å². The Hall–Kier alpha value is -3.45. The number of hydrogen-bond donors (Lipinski definition) is 2. The van der Waals surface area contributed by atoms with Crippen LogP contribution in [0.1, 0.15) is 34.3 Å². The van der Waals surface area contributed by atoms with Gasteiger partial charge in [0.05, 0.1) is 5.01 Å². The van der Waals surface area contributed by atoms with Crippen molar-refractivity contribution >= 4 is 40.1 Å². The standard InChI is InChI=1S/C19H18N6O3S/c1-2-9-28-19(27)25-7-5-12(6-8-25)18-21-16(11-29-18)17(26)20-13-3-4-14-15(10-13)23-24-22-14/h1,3-4,10-12H,5-9H2,(H,20,26)(H,22,23,24). The summed E-state index contributed by atoms with van der Waals surface area (Å²) in [7, 11) is 0. The predicted molar refractivity (Wildman–Crippen MR) is 108 cm³/mol. The Balaban J connectivity index is 1.35. The highest BCUT2D eigenvalue weighted by Crippen LogP contribution is 2.30. The molecule has 1 aromatic carbocycles. The molecule has 0 radical (unpaired) electrons. The third-order valence-electron chi connectivity index (χ3n) is 4.71. The van der Waals surface area contributed by atoms with E-state index in [0.717, 1.165) is 23.4 Å². The summed E-state index contributed by atoms with van der Waals surface area (Å²) in [4.78, 5) is 30.6. The second-order valence-corrected chi connectivity index (χ2v) is 7.46. The summed E-state index contributed by atoms with van der Waals surface area (Å²) >= 11 is 1.46. The Kier molecular flexibility index (Phi) is 5.39. The van der Waals surface area contributed by atoms with E-state index in [0.29, 0.717) is 30.0 Å². The first-order chi connectivity index (χ1) is 14.1. The second kappa shape index (κ2) is 8.28. The Morgan fingerprint density at radius 3 is 2.90 bits per heavy atom. The number of carbonyl (C=O) groups excluding carboxylic acids is 2. The first-order valence-corrected chi connectivity index (χ1v) is 9.94. The molecule has 3 aromatic rings. The molecule has 1 aliphatic rings. The summed E-state index contributed by atoms with van der Waals surface area (Å²) in [5.41, 5.74) is 2.41. The molecule has 4 rings (SSSR count). The summed E-state index contributed by atoms with van der Waals surface area (Å²) in [6.45, 7) is 1.13. The van der Waals surface area contributed by atoms with Crippen LogP contribution in [0.15, 0.2) is 23.6 Å². The minimum Gasteiger partial charge on any atom is -0.436 e. The minimum absolute atomic E-state index is 0.0205. The minimum atomic E-state index is -0.385. The number of thiazole rings is 1. The molecule has 2 amide bonds. The molecule has 0 bridgehead atoms. The molecule has 3 heterocycles. The predicted octanol–water partition coefficient (Wildman–Crippen LogP) is 2.62. The van der Waals surface area contributed by atoms with E-state index < -0.39 is 0 Å². The van der Waals surface area contributed by atoms with E-state index in [2.05, 4.69) is 31.6 Å². The van der Waals surface area contributed by atoms with Crippen LogP contribution in [0.25, 0.3) is 11.0 Å². The van der Waals surface area contributed by atoms with Gasteiger partial charge in [-0.25, -0.2) is 9.78 Å². The normalized spacial score (nSPS) is 14.5. The first-order valence-electron chi connectivity index (χ1n) is 9.06. The van der Waals surface area contributed by atoms with Crippen LogP contribution in [0, 0.1) is 12.3 Å². The number of ether oxygens (including phenoxy) is 1. The lowest BCUT2D eigenvalue weighted by Gasteiger charge is -2.30. The fraction of sp³-hybridized carbons (Fsp3) is 0.316. The van der Waals surface area contributed by atoms with E-state index in [-0.39, 0.29) is 24.5 Å². The van der Waals surface area contributed by atoms with Crippen molar-refractivity contribution in [2.75, 3.05) is 25.0 Å². The van der Waals surface area contributed by atoms with E-state index in [4.69, 9.17) is 11.2 Å². The van der Waals surface area contributed by atoms with Gasteiger partial charge in [-0.1, -0.05) is 5.92 Å². The van der Waals surface area contributed by atoms with Crippen molar-refractivity contribution < 1.29 is 14.3 Å². The molecular formula is C19H18N6O3S. The molecule has 0 unspecified atom stereocenters. The summed E-state index contributed by atoms with van der Waals surface area (Å²) in [5.74, 6) is 2.23. The smallest absolute Gasteiger partial charge is 0.410 e. The Labute approximate surface area is 170 Å². The van der Waals surface area contributed by atoms with Crippen LogP contribution < -0.4 is 5.32 Å². The number of fused-ring (bicyclic) bond motifs is 1. The number of likely N-dealkylation sites (tertiary alicyclic amines) is 1. The van der Waals surface area contributed by atoms with Gasteiger partial charge in [0.25, 0.3) is 5.91 Å². The summed E-state index contributed by atoms with van der Waals surface area (Å²) in [6, 6.07) is 5.30. The number of rotatable bonds is 4. The van der Waals surface area contributed by atoms with Crippen molar-refractivity contribution in [2.45, 2.75) is 18.8 Å². The molecule has 29 heavy (non-hydrogen) atoms. The van der Waals surface area contributed by atoms with Gasteiger partial charge in [0.2, 0.25) is 0 Å². The average Bonchev–Trinajstić information content (AvgIpc) is 3.41. The largest absolute Gasteiger partial charge is 0.436 e. The highest BCUT2D eigenvalue weighted by Gasteiger charge is 2.27. The third-order valence-corrected chi connectivity index (χ3v) is 5.72.